The minimum atomic E-state index is 0.523. The van der Waals surface area contributed by atoms with E-state index in [1.807, 2.05) is 12.1 Å². The third-order valence-electron chi connectivity index (χ3n) is 4.29. The van der Waals surface area contributed by atoms with Crippen LogP contribution in [-0.4, -0.2) is 26.3 Å². The van der Waals surface area contributed by atoms with Gasteiger partial charge in [-0.2, -0.15) is 0 Å². The minimum Gasteiger partial charge on any atom is -0.398 e. The van der Waals surface area contributed by atoms with E-state index in [9.17, 15) is 0 Å². The summed E-state index contributed by atoms with van der Waals surface area (Å²) < 4.78 is 5.45. The van der Waals surface area contributed by atoms with E-state index in [2.05, 4.69) is 17.9 Å². The maximum absolute atomic E-state index is 5.96. The lowest BCUT2D eigenvalue weighted by atomic mass is 9.73. The lowest BCUT2D eigenvalue weighted by molar-refractivity contribution is -0.000220. The van der Waals surface area contributed by atoms with Crippen LogP contribution >= 0.6 is 0 Å². The third-order valence-corrected chi connectivity index (χ3v) is 4.29. The van der Waals surface area contributed by atoms with Crippen molar-refractivity contribution in [1.82, 2.24) is 0 Å². The molecule has 2 heterocycles. The van der Waals surface area contributed by atoms with Gasteiger partial charge in [0, 0.05) is 43.1 Å². The summed E-state index contributed by atoms with van der Waals surface area (Å²) in [5.74, 6) is 0. The van der Waals surface area contributed by atoms with Crippen LogP contribution in [0.15, 0.2) is 18.2 Å². The second-order valence-corrected chi connectivity index (χ2v) is 5.46. The van der Waals surface area contributed by atoms with Gasteiger partial charge in [0.05, 0.1) is 0 Å². The summed E-state index contributed by atoms with van der Waals surface area (Å²) in [4.78, 5) is 2.46. The highest BCUT2D eigenvalue weighted by atomic mass is 16.5. The van der Waals surface area contributed by atoms with E-state index >= 15 is 0 Å². The molecule has 2 aliphatic heterocycles. The summed E-state index contributed by atoms with van der Waals surface area (Å²) in [7, 11) is 0. The van der Waals surface area contributed by atoms with Crippen molar-refractivity contribution in [2.75, 3.05) is 36.9 Å². The number of hydrogen-bond donors (Lipinski definition) is 1. The maximum Gasteiger partial charge on any atom is 0.0472 e. The van der Waals surface area contributed by atoms with E-state index in [1.165, 1.54) is 37.2 Å². The van der Waals surface area contributed by atoms with Crippen molar-refractivity contribution in [1.29, 1.82) is 0 Å². The molecule has 0 atom stereocenters. The first-order valence-corrected chi connectivity index (χ1v) is 6.38. The molecule has 0 amide bonds. The Labute approximate surface area is 103 Å². The Bertz CT molecular complexity index is 416. The van der Waals surface area contributed by atoms with E-state index in [-0.39, 0.29) is 0 Å². The highest BCUT2D eigenvalue weighted by Crippen LogP contribution is 2.43. The highest BCUT2D eigenvalue weighted by Gasteiger charge is 2.44. The van der Waals surface area contributed by atoms with Crippen molar-refractivity contribution >= 4 is 11.4 Å². The van der Waals surface area contributed by atoms with E-state index < -0.39 is 0 Å². The zero-order chi connectivity index (χ0) is 11.9. The van der Waals surface area contributed by atoms with E-state index in [4.69, 9.17) is 10.5 Å². The number of nitrogens with zero attached hydrogens (tertiary/aromatic N) is 1. The number of nitrogens with two attached hydrogens (primary N) is 1. The summed E-state index contributed by atoms with van der Waals surface area (Å²) >= 11 is 0. The van der Waals surface area contributed by atoms with Crippen LogP contribution in [0, 0.1) is 12.3 Å². The van der Waals surface area contributed by atoms with Gasteiger partial charge < -0.3 is 15.4 Å². The van der Waals surface area contributed by atoms with Crippen molar-refractivity contribution in [2.45, 2.75) is 19.8 Å². The molecule has 17 heavy (non-hydrogen) atoms. The number of ether oxygens (including phenoxy) is 1. The quantitative estimate of drug-likeness (QED) is 0.754. The zero-order valence-electron chi connectivity index (χ0n) is 10.4. The molecule has 2 N–H and O–H groups in total. The topological polar surface area (TPSA) is 38.5 Å². The summed E-state index contributed by atoms with van der Waals surface area (Å²) in [5.41, 5.74) is 9.91. The van der Waals surface area contributed by atoms with Gasteiger partial charge in [0.1, 0.15) is 0 Å². The normalized spacial score (nSPS) is 22.5. The van der Waals surface area contributed by atoms with Gasteiger partial charge in [0.15, 0.2) is 0 Å². The molecule has 0 aromatic heterocycles. The second kappa shape index (κ2) is 3.91. The fourth-order valence-corrected chi connectivity index (χ4v) is 3.04. The van der Waals surface area contributed by atoms with Gasteiger partial charge in [-0.1, -0.05) is 6.07 Å². The monoisotopic (exact) mass is 232 g/mol. The van der Waals surface area contributed by atoms with Crippen LogP contribution in [0.1, 0.15) is 18.4 Å². The molecule has 0 unspecified atom stereocenters. The van der Waals surface area contributed by atoms with Crippen LogP contribution in [0.25, 0.3) is 0 Å². The van der Waals surface area contributed by atoms with Crippen LogP contribution in [-0.2, 0) is 4.74 Å². The molecule has 0 bridgehead atoms. The SMILES string of the molecule is Cc1c(N)cccc1N1CC2(CCOCC2)C1. The summed E-state index contributed by atoms with van der Waals surface area (Å²) in [5, 5.41) is 0. The molecule has 0 saturated carbocycles. The first kappa shape index (κ1) is 10.9. The van der Waals surface area contributed by atoms with Crippen molar-refractivity contribution in [2.24, 2.45) is 5.41 Å². The number of nitrogen functional groups attached to an aromatic ring is 1. The average molecular weight is 232 g/mol. The minimum absolute atomic E-state index is 0.523. The first-order valence-electron chi connectivity index (χ1n) is 6.38. The molecule has 1 aromatic rings. The van der Waals surface area contributed by atoms with E-state index in [0.717, 1.165) is 18.9 Å². The van der Waals surface area contributed by atoms with Gasteiger partial charge in [0.2, 0.25) is 0 Å². The van der Waals surface area contributed by atoms with E-state index in [1.54, 1.807) is 0 Å². The molecule has 1 spiro atoms. The zero-order valence-corrected chi connectivity index (χ0v) is 10.4. The Morgan fingerprint density at radius 2 is 1.94 bits per heavy atom. The highest BCUT2D eigenvalue weighted by molar-refractivity contribution is 5.65. The Hall–Kier alpha value is -1.22. The van der Waals surface area contributed by atoms with Gasteiger partial charge in [-0.05, 0) is 37.5 Å². The number of hydrogen-bond acceptors (Lipinski definition) is 3. The largest absolute Gasteiger partial charge is 0.398 e. The van der Waals surface area contributed by atoms with Gasteiger partial charge in [0.25, 0.3) is 0 Å². The van der Waals surface area contributed by atoms with Gasteiger partial charge >= 0.3 is 0 Å². The second-order valence-electron chi connectivity index (χ2n) is 5.46. The number of benzene rings is 1. The summed E-state index contributed by atoms with van der Waals surface area (Å²) in [6, 6.07) is 6.20. The lowest BCUT2D eigenvalue weighted by Gasteiger charge is -2.53. The number of rotatable bonds is 1. The molecule has 2 aliphatic rings. The molecule has 3 nitrogen and oxygen atoms in total. The molecule has 0 radical (unpaired) electrons. The molecular weight excluding hydrogens is 212 g/mol. The van der Waals surface area contributed by atoms with Crippen LogP contribution in [0.3, 0.4) is 0 Å². The smallest absolute Gasteiger partial charge is 0.0472 e. The molecule has 1 aromatic carbocycles. The predicted octanol–water partition coefficient (Wildman–Crippen LogP) is 2.19. The Kier molecular flexibility index (Phi) is 2.51. The number of anilines is 2. The molecule has 0 aliphatic carbocycles. The van der Waals surface area contributed by atoms with Crippen LogP contribution in [0.5, 0.6) is 0 Å². The Morgan fingerprint density at radius 3 is 2.65 bits per heavy atom. The fraction of sp³-hybridized carbons (Fsp3) is 0.571. The Balaban J connectivity index is 1.74. The van der Waals surface area contributed by atoms with Crippen LogP contribution in [0.4, 0.5) is 11.4 Å². The van der Waals surface area contributed by atoms with Crippen molar-refractivity contribution in [3.63, 3.8) is 0 Å². The molecule has 3 rings (SSSR count). The average Bonchev–Trinajstić information content (AvgIpc) is 2.31. The molecule has 92 valence electrons. The Morgan fingerprint density at radius 1 is 1.24 bits per heavy atom. The summed E-state index contributed by atoms with van der Waals surface area (Å²) in [6.45, 7) is 6.31. The molecular formula is C14H20N2O. The van der Waals surface area contributed by atoms with Crippen molar-refractivity contribution in [3.8, 4) is 0 Å². The molecule has 2 saturated heterocycles. The van der Waals surface area contributed by atoms with Gasteiger partial charge in [-0.25, -0.2) is 0 Å². The standard InChI is InChI=1S/C14H20N2O/c1-11-12(15)3-2-4-13(11)16-9-14(10-16)5-7-17-8-6-14/h2-4H,5-10,15H2,1H3. The van der Waals surface area contributed by atoms with E-state index in [0.29, 0.717) is 5.41 Å². The first-order chi connectivity index (χ1) is 8.20. The van der Waals surface area contributed by atoms with Crippen LogP contribution < -0.4 is 10.6 Å². The lowest BCUT2D eigenvalue weighted by Crippen LogP contribution is -2.58. The van der Waals surface area contributed by atoms with Crippen molar-refractivity contribution < 1.29 is 4.74 Å². The fourth-order valence-electron chi connectivity index (χ4n) is 3.04. The predicted molar refractivity (Wildman–Crippen MR) is 70.3 cm³/mol. The van der Waals surface area contributed by atoms with Crippen LogP contribution in [0.2, 0.25) is 0 Å². The molecule has 3 heteroatoms. The summed E-state index contributed by atoms with van der Waals surface area (Å²) in [6.07, 6.45) is 2.43. The van der Waals surface area contributed by atoms with Gasteiger partial charge in [-0.15, -0.1) is 0 Å². The maximum atomic E-state index is 5.96. The third kappa shape index (κ3) is 1.78. The van der Waals surface area contributed by atoms with Crippen molar-refractivity contribution in [3.05, 3.63) is 23.8 Å². The van der Waals surface area contributed by atoms with Gasteiger partial charge in [-0.3, -0.25) is 0 Å². The molecule has 2 fully saturated rings.